The second-order valence-electron chi connectivity index (χ2n) is 8.42. The number of aliphatic hydroxyl groups is 1. The molecule has 30 heavy (non-hydrogen) atoms. The summed E-state index contributed by atoms with van der Waals surface area (Å²) in [5.74, 6) is 1.57. The van der Waals surface area contributed by atoms with Gasteiger partial charge in [-0.3, -0.25) is 5.10 Å². The maximum absolute atomic E-state index is 10.6. The average Bonchev–Trinajstić information content (AvgIpc) is 3.42. The van der Waals surface area contributed by atoms with Crippen molar-refractivity contribution in [1.82, 2.24) is 20.5 Å². The Bertz CT molecular complexity index is 1010. The van der Waals surface area contributed by atoms with Crippen LogP contribution < -0.4 is 10.6 Å². The summed E-state index contributed by atoms with van der Waals surface area (Å²) in [6, 6.07) is 10.7. The predicted molar refractivity (Wildman–Crippen MR) is 116 cm³/mol. The van der Waals surface area contributed by atoms with Crippen molar-refractivity contribution >= 4 is 5.82 Å². The Balaban J connectivity index is 1.32. The number of hydrogen-bond donors (Lipinski definition) is 5. The molecule has 0 spiro atoms. The van der Waals surface area contributed by atoms with Crippen LogP contribution in [0.25, 0.3) is 22.3 Å². The SMILES string of the molecule is OCc1nc(NCC2CC3CCC(C2)N3)ccc1-c1ccc(-c2cn[nH]c2)cc1O. The molecule has 7 heteroatoms. The number of aromatic hydroxyl groups is 1. The van der Waals surface area contributed by atoms with Gasteiger partial charge in [-0.25, -0.2) is 4.98 Å². The Morgan fingerprint density at radius 1 is 1.03 bits per heavy atom. The quantitative estimate of drug-likeness (QED) is 0.431. The number of benzene rings is 1. The Labute approximate surface area is 175 Å². The molecule has 4 heterocycles. The molecule has 7 nitrogen and oxygen atoms in total. The minimum atomic E-state index is -0.189. The molecule has 0 amide bonds. The molecule has 1 aromatic carbocycles. The number of piperidine rings is 1. The first-order chi connectivity index (χ1) is 14.7. The molecule has 3 aromatic rings. The Kier molecular flexibility index (Phi) is 5.14. The van der Waals surface area contributed by atoms with E-state index >= 15 is 0 Å². The van der Waals surface area contributed by atoms with Gasteiger partial charge >= 0.3 is 0 Å². The second kappa shape index (κ2) is 8.08. The van der Waals surface area contributed by atoms with Crippen LogP contribution in [0.5, 0.6) is 5.75 Å². The molecule has 2 fully saturated rings. The van der Waals surface area contributed by atoms with Crippen LogP contribution in [0.1, 0.15) is 31.4 Å². The van der Waals surface area contributed by atoms with Gasteiger partial charge in [0.15, 0.2) is 0 Å². The van der Waals surface area contributed by atoms with E-state index in [1.54, 1.807) is 18.5 Å². The number of anilines is 1. The molecule has 2 atom stereocenters. The van der Waals surface area contributed by atoms with Gasteiger partial charge in [0.2, 0.25) is 0 Å². The van der Waals surface area contributed by atoms with E-state index < -0.39 is 0 Å². The van der Waals surface area contributed by atoms with Crippen molar-refractivity contribution in [2.45, 2.75) is 44.4 Å². The first-order valence-electron chi connectivity index (χ1n) is 10.6. The van der Waals surface area contributed by atoms with Gasteiger partial charge in [-0.05, 0) is 61.4 Å². The fourth-order valence-electron chi connectivity index (χ4n) is 4.90. The zero-order chi connectivity index (χ0) is 20.5. The molecular formula is C23H27N5O2. The molecule has 2 aliphatic heterocycles. The molecule has 2 saturated heterocycles. The van der Waals surface area contributed by atoms with Crippen LogP contribution in [0.4, 0.5) is 5.82 Å². The lowest BCUT2D eigenvalue weighted by Gasteiger charge is -2.29. The monoisotopic (exact) mass is 405 g/mol. The summed E-state index contributed by atoms with van der Waals surface area (Å²) in [5, 5.41) is 34.4. The molecule has 5 N–H and O–H groups in total. The number of fused-ring (bicyclic) bond motifs is 2. The van der Waals surface area contributed by atoms with Crippen molar-refractivity contribution in [1.29, 1.82) is 0 Å². The van der Waals surface area contributed by atoms with E-state index in [0.717, 1.165) is 29.1 Å². The van der Waals surface area contributed by atoms with Crippen molar-refractivity contribution in [2.75, 3.05) is 11.9 Å². The van der Waals surface area contributed by atoms with Gasteiger partial charge < -0.3 is 20.8 Å². The molecule has 2 bridgehead atoms. The van der Waals surface area contributed by atoms with Crippen molar-refractivity contribution in [3.8, 4) is 28.0 Å². The maximum atomic E-state index is 10.6. The van der Waals surface area contributed by atoms with Crippen molar-refractivity contribution < 1.29 is 10.2 Å². The predicted octanol–water partition coefficient (Wildman–Crippen LogP) is 3.28. The van der Waals surface area contributed by atoms with Crippen LogP contribution >= 0.6 is 0 Å². The van der Waals surface area contributed by atoms with E-state index in [4.69, 9.17) is 0 Å². The smallest absolute Gasteiger partial charge is 0.126 e. The number of rotatable bonds is 6. The third-order valence-corrected chi connectivity index (χ3v) is 6.39. The number of aliphatic hydroxyl groups excluding tert-OH is 1. The van der Waals surface area contributed by atoms with Crippen LogP contribution in [-0.4, -0.2) is 44.0 Å². The van der Waals surface area contributed by atoms with Crippen LogP contribution in [-0.2, 0) is 6.61 Å². The summed E-state index contributed by atoms with van der Waals surface area (Å²) in [7, 11) is 0. The zero-order valence-corrected chi connectivity index (χ0v) is 16.8. The number of phenolic OH excluding ortho intramolecular Hbond substituents is 1. The lowest BCUT2D eigenvalue weighted by Crippen LogP contribution is -2.40. The summed E-state index contributed by atoms with van der Waals surface area (Å²) in [6.45, 7) is 0.710. The first-order valence-corrected chi connectivity index (χ1v) is 10.6. The van der Waals surface area contributed by atoms with Gasteiger partial charge in [0, 0.05) is 41.5 Å². The molecule has 2 aliphatic rings. The summed E-state index contributed by atoms with van der Waals surface area (Å²) >= 11 is 0. The largest absolute Gasteiger partial charge is 0.507 e. The fourth-order valence-corrected chi connectivity index (χ4v) is 4.90. The van der Waals surface area contributed by atoms with Gasteiger partial charge in [0.1, 0.15) is 11.6 Å². The number of aromatic nitrogens is 3. The fraction of sp³-hybridized carbons (Fsp3) is 0.391. The summed E-state index contributed by atoms with van der Waals surface area (Å²) in [4.78, 5) is 4.62. The lowest BCUT2D eigenvalue weighted by atomic mass is 9.92. The molecule has 0 saturated carbocycles. The number of aromatic amines is 1. The topological polar surface area (TPSA) is 106 Å². The highest BCUT2D eigenvalue weighted by molar-refractivity contribution is 5.77. The van der Waals surface area contributed by atoms with Crippen molar-refractivity contribution in [3.05, 3.63) is 48.4 Å². The van der Waals surface area contributed by atoms with Gasteiger partial charge in [-0.15, -0.1) is 0 Å². The highest BCUT2D eigenvalue weighted by Gasteiger charge is 2.33. The van der Waals surface area contributed by atoms with Gasteiger partial charge in [0.25, 0.3) is 0 Å². The number of pyridine rings is 1. The van der Waals surface area contributed by atoms with Gasteiger partial charge in [-0.2, -0.15) is 5.10 Å². The number of nitrogens with one attached hydrogen (secondary N) is 3. The van der Waals surface area contributed by atoms with Gasteiger partial charge in [0.05, 0.1) is 18.5 Å². The van der Waals surface area contributed by atoms with E-state index in [1.807, 2.05) is 24.3 Å². The minimum absolute atomic E-state index is 0.149. The highest BCUT2D eigenvalue weighted by atomic mass is 16.3. The second-order valence-corrected chi connectivity index (χ2v) is 8.42. The summed E-state index contributed by atoms with van der Waals surface area (Å²) < 4.78 is 0. The average molecular weight is 406 g/mol. The zero-order valence-electron chi connectivity index (χ0n) is 16.8. The van der Waals surface area contributed by atoms with E-state index in [1.165, 1.54) is 25.7 Å². The third-order valence-electron chi connectivity index (χ3n) is 6.39. The summed E-state index contributed by atoms with van der Waals surface area (Å²) in [6.07, 6.45) is 8.51. The van der Waals surface area contributed by atoms with E-state index in [-0.39, 0.29) is 12.4 Å². The number of nitrogens with zero attached hydrogens (tertiary/aromatic N) is 2. The van der Waals surface area contributed by atoms with Crippen LogP contribution in [0.15, 0.2) is 42.7 Å². The Morgan fingerprint density at radius 3 is 2.53 bits per heavy atom. The molecule has 2 unspecified atom stereocenters. The standard InChI is InChI=1S/C23H27N5O2/c29-13-21-19(20-4-1-15(9-22(20)30)16-11-25-26-12-16)5-6-23(28-21)24-10-14-7-17-2-3-18(8-14)27-17/h1,4-6,9,11-12,14,17-18,27,29-30H,2-3,7-8,10,13H2,(H,24,28)(H,25,26). The molecule has 2 aromatic heterocycles. The Hall–Kier alpha value is -2.90. The van der Waals surface area contributed by atoms with Crippen LogP contribution in [0, 0.1) is 5.92 Å². The molecule has 5 rings (SSSR count). The number of hydrogen-bond acceptors (Lipinski definition) is 6. The molecule has 156 valence electrons. The van der Waals surface area contributed by atoms with E-state index in [9.17, 15) is 10.2 Å². The lowest BCUT2D eigenvalue weighted by molar-refractivity contribution is 0.277. The minimum Gasteiger partial charge on any atom is -0.507 e. The van der Waals surface area contributed by atoms with Crippen LogP contribution in [0.3, 0.4) is 0 Å². The van der Waals surface area contributed by atoms with Gasteiger partial charge in [-0.1, -0.05) is 6.07 Å². The van der Waals surface area contributed by atoms with E-state index in [0.29, 0.717) is 29.3 Å². The van der Waals surface area contributed by atoms with Crippen molar-refractivity contribution in [2.24, 2.45) is 5.92 Å². The molecule has 0 aliphatic carbocycles. The van der Waals surface area contributed by atoms with E-state index in [2.05, 4.69) is 25.8 Å². The first kappa shape index (κ1) is 19.1. The van der Waals surface area contributed by atoms with Crippen molar-refractivity contribution in [3.63, 3.8) is 0 Å². The number of H-pyrrole nitrogens is 1. The normalized spacial score (nSPS) is 22.9. The number of phenols is 1. The molecular weight excluding hydrogens is 378 g/mol. The van der Waals surface area contributed by atoms with Crippen LogP contribution in [0.2, 0.25) is 0 Å². The Morgan fingerprint density at radius 2 is 1.83 bits per heavy atom. The highest BCUT2D eigenvalue weighted by Crippen LogP contribution is 2.35. The summed E-state index contributed by atoms with van der Waals surface area (Å²) in [5.41, 5.74) is 3.72. The molecule has 0 radical (unpaired) electrons. The third kappa shape index (κ3) is 3.78. The maximum Gasteiger partial charge on any atom is 0.126 e.